The number of piperazine rings is 1. The van der Waals surface area contributed by atoms with Crippen molar-refractivity contribution in [3.63, 3.8) is 0 Å². The zero-order valence-electron chi connectivity index (χ0n) is 15.2. The third kappa shape index (κ3) is 4.16. The molecule has 8 heteroatoms. The molecule has 0 aromatic carbocycles. The Morgan fingerprint density at radius 1 is 0.960 bits per heavy atom. The molecule has 0 radical (unpaired) electrons. The highest BCUT2D eigenvalue weighted by Gasteiger charge is 2.49. The first kappa shape index (κ1) is 18.6. The number of nitrogens with zero attached hydrogens (tertiary/aromatic N) is 3. The Morgan fingerprint density at radius 2 is 1.48 bits per heavy atom. The number of likely N-dealkylation sites (N-methyl/N-ethyl adjacent to an activating group) is 1. The Bertz CT molecular complexity index is 628. The molecule has 0 aromatic rings. The van der Waals surface area contributed by atoms with E-state index >= 15 is 0 Å². The fourth-order valence-electron chi connectivity index (χ4n) is 4.51. The van der Waals surface area contributed by atoms with Crippen LogP contribution < -0.4 is 0 Å². The molecule has 3 fully saturated rings. The van der Waals surface area contributed by atoms with Crippen LogP contribution in [0, 0.1) is 5.92 Å². The third-order valence-electron chi connectivity index (χ3n) is 5.71. The quantitative estimate of drug-likeness (QED) is 0.693. The van der Waals surface area contributed by atoms with Crippen LogP contribution in [-0.2, 0) is 19.4 Å². The molecular weight excluding hydrogens is 342 g/mol. The zero-order valence-corrected chi connectivity index (χ0v) is 16.0. The number of sulfone groups is 1. The minimum atomic E-state index is -3.22. The highest BCUT2D eigenvalue weighted by Crippen LogP contribution is 2.31. The summed E-state index contributed by atoms with van der Waals surface area (Å²) in [6.07, 6.45) is 5.09. The van der Waals surface area contributed by atoms with Crippen molar-refractivity contribution in [1.82, 2.24) is 14.7 Å². The van der Waals surface area contributed by atoms with Gasteiger partial charge in [0.25, 0.3) is 0 Å². The van der Waals surface area contributed by atoms with Crippen LogP contribution >= 0.6 is 0 Å². The van der Waals surface area contributed by atoms with E-state index in [1.54, 1.807) is 14.7 Å². The van der Waals surface area contributed by atoms with Gasteiger partial charge in [-0.05, 0) is 32.9 Å². The van der Waals surface area contributed by atoms with Gasteiger partial charge in [0, 0.05) is 19.5 Å². The average Bonchev–Trinajstić information content (AvgIpc) is 3.10. The highest BCUT2D eigenvalue weighted by molar-refractivity contribution is 7.91. The van der Waals surface area contributed by atoms with Gasteiger partial charge in [-0.25, -0.2) is 8.42 Å². The number of rotatable bonds is 4. The van der Waals surface area contributed by atoms with Crippen molar-refractivity contribution in [3.05, 3.63) is 0 Å². The summed E-state index contributed by atoms with van der Waals surface area (Å²) in [5.74, 6) is 0.417. The molecule has 142 valence electrons. The molecule has 1 saturated carbocycles. The van der Waals surface area contributed by atoms with Gasteiger partial charge in [-0.1, -0.05) is 12.8 Å². The molecule has 2 atom stereocenters. The maximum Gasteiger partial charge on any atom is 0.237 e. The molecule has 2 saturated heterocycles. The van der Waals surface area contributed by atoms with Crippen molar-refractivity contribution >= 4 is 21.7 Å². The Labute approximate surface area is 150 Å². The van der Waals surface area contributed by atoms with Crippen LogP contribution in [0.3, 0.4) is 0 Å². The average molecular weight is 372 g/mol. The molecule has 3 aliphatic rings. The van der Waals surface area contributed by atoms with Crippen molar-refractivity contribution in [2.45, 2.75) is 44.2 Å². The van der Waals surface area contributed by atoms with E-state index in [4.69, 9.17) is 0 Å². The van der Waals surface area contributed by atoms with E-state index in [2.05, 4.69) is 0 Å². The van der Waals surface area contributed by atoms with Crippen LogP contribution in [0.15, 0.2) is 0 Å². The molecule has 2 heterocycles. The van der Waals surface area contributed by atoms with Gasteiger partial charge >= 0.3 is 0 Å². The standard InChI is InChI=1S/C17H29N3O4S/c1-18(2)10-17(22)20-8-7-19(14-11-25(23,24)12-15(14)20)16(21)9-13-5-3-4-6-13/h13-15H,3-12H2,1-2H3/t14-,15+/m0/s1. The van der Waals surface area contributed by atoms with E-state index in [0.29, 0.717) is 25.4 Å². The monoisotopic (exact) mass is 371 g/mol. The van der Waals surface area contributed by atoms with Crippen LogP contribution in [0.2, 0.25) is 0 Å². The molecule has 1 aliphatic carbocycles. The van der Waals surface area contributed by atoms with E-state index in [0.717, 1.165) is 12.8 Å². The minimum absolute atomic E-state index is 0.0141. The molecular formula is C17H29N3O4S. The first-order chi connectivity index (χ1) is 11.8. The topological polar surface area (TPSA) is 78.0 Å². The number of carbonyl (C=O) groups is 2. The van der Waals surface area contributed by atoms with Gasteiger partial charge in [-0.15, -0.1) is 0 Å². The predicted octanol–water partition coefficient (Wildman–Crippen LogP) is -0.0353. The zero-order chi connectivity index (χ0) is 18.2. The van der Waals surface area contributed by atoms with Crippen LogP contribution in [0.25, 0.3) is 0 Å². The Balaban J connectivity index is 1.73. The first-order valence-corrected chi connectivity index (χ1v) is 11.0. The van der Waals surface area contributed by atoms with Crippen molar-refractivity contribution in [2.75, 3.05) is 45.2 Å². The maximum absolute atomic E-state index is 12.8. The fraction of sp³-hybridized carbons (Fsp3) is 0.882. The van der Waals surface area contributed by atoms with Gasteiger partial charge in [-0.2, -0.15) is 0 Å². The van der Waals surface area contributed by atoms with Gasteiger partial charge in [0.2, 0.25) is 11.8 Å². The fourth-order valence-corrected chi connectivity index (χ4v) is 6.49. The molecule has 0 aromatic heterocycles. The molecule has 25 heavy (non-hydrogen) atoms. The predicted molar refractivity (Wildman–Crippen MR) is 94.8 cm³/mol. The van der Waals surface area contributed by atoms with Crippen LogP contribution in [0.5, 0.6) is 0 Å². The van der Waals surface area contributed by atoms with Gasteiger partial charge < -0.3 is 14.7 Å². The van der Waals surface area contributed by atoms with Gasteiger partial charge in [0.05, 0.1) is 30.1 Å². The van der Waals surface area contributed by atoms with Crippen molar-refractivity contribution in [1.29, 1.82) is 0 Å². The van der Waals surface area contributed by atoms with E-state index in [9.17, 15) is 18.0 Å². The molecule has 2 aliphatic heterocycles. The Kier molecular flexibility index (Phi) is 5.39. The summed E-state index contributed by atoms with van der Waals surface area (Å²) >= 11 is 0. The van der Waals surface area contributed by atoms with Crippen LogP contribution in [-0.4, -0.2) is 92.3 Å². The van der Waals surface area contributed by atoms with Crippen LogP contribution in [0.4, 0.5) is 0 Å². The number of hydrogen-bond donors (Lipinski definition) is 0. The summed E-state index contributed by atoms with van der Waals surface area (Å²) in [5.41, 5.74) is 0. The molecule has 0 unspecified atom stereocenters. The van der Waals surface area contributed by atoms with Gasteiger partial charge in [-0.3, -0.25) is 9.59 Å². The molecule has 0 bridgehead atoms. The number of hydrogen-bond acceptors (Lipinski definition) is 5. The van der Waals surface area contributed by atoms with Crippen molar-refractivity contribution in [3.8, 4) is 0 Å². The van der Waals surface area contributed by atoms with E-state index in [-0.39, 0.29) is 35.9 Å². The summed E-state index contributed by atoms with van der Waals surface area (Å²) in [5, 5.41) is 0. The van der Waals surface area contributed by atoms with Crippen molar-refractivity contribution in [2.24, 2.45) is 5.92 Å². The molecule has 2 amide bonds. The lowest BCUT2D eigenvalue weighted by Gasteiger charge is -2.44. The first-order valence-electron chi connectivity index (χ1n) is 9.21. The summed E-state index contributed by atoms with van der Waals surface area (Å²) in [7, 11) is 0.424. The molecule has 0 N–H and O–H groups in total. The second-order valence-electron chi connectivity index (χ2n) is 7.98. The normalized spacial score (nSPS) is 29.2. The summed E-state index contributed by atoms with van der Waals surface area (Å²) in [6, 6.07) is -0.766. The van der Waals surface area contributed by atoms with E-state index < -0.39 is 15.9 Å². The lowest BCUT2D eigenvalue weighted by Crippen LogP contribution is -2.62. The van der Waals surface area contributed by atoms with Gasteiger partial charge in [0.1, 0.15) is 0 Å². The largest absolute Gasteiger partial charge is 0.335 e. The molecule has 3 rings (SSSR count). The van der Waals surface area contributed by atoms with E-state index in [1.807, 2.05) is 14.1 Å². The summed E-state index contributed by atoms with van der Waals surface area (Å²) in [4.78, 5) is 30.5. The van der Waals surface area contributed by atoms with Gasteiger partial charge in [0.15, 0.2) is 9.84 Å². The number of carbonyl (C=O) groups excluding carboxylic acids is 2. The highest BCUT2D eigenvalue weighted by atomic mass is 32.2. The Morgan fingerprint density at radius 3 is 2.00 bits per heavy atom. The second kappa shape index (κ2) is 7.23. The second-order valence-corrected chi connectivity index (χ2v) is 10.1. The van der Waals surface area contributed by atoms with Crippen molar-refractivity contribution < 1.29 is 18.0 Å². The lowest BCUT2D eigenvalue weighted by atomic mass is 9.99. The molecule has 0 spiro atoms. The van der Waals surface area contributed by atoms with E-state index in [1.165, 1.54) is 12.8 Å². The number of amides is 2. The maximum atomic E-state index is 12.8. The summed E-state index contributed by atoms with van der Waals surface area (Å²) in [6.45, 7) is 1.14. The minimum Gasteiger partial charge on any atom is -0.335 e. The number of fused-ring (bicyclic) bond motifs is 1. The molecule has 7 nitrogen and oxygen atoms in total. The summed E-state index contributed by atoms with van der Waals surface area (Å²) < 4.78 is 24.4. The Hall–Kier alpha value is -1.15. The third-order valence-corrected chi connectivity index (χ3v) is 7.41. The smallest absolute Gasteiger partial charge is 0.237 e. The SMILES string of the molecule is CN(C)CC(=O)N1CCN(C(=O)CC2CCCC2)[C@H]2CS(=O)(=O)C[C@H]21. The lowest BCUT2D eigenvalue weighted by molar-refractivity contribution is -0.146. The van der Waals surface area contributed by atoms with Crippen LogP contribution in [0.1, 0.15) is 32.1 Å².